The fourth-order valence-corrected chi connectivity index (χ4v) is 3.68. The van der Waals surface area contributed by atoms with Crippen LogP contribution < -0.4 is 5.32 Å². The molecule has 1 unspecified atom stereocenters. The molecular weight excluding hydrogens is 368 g/mol. The van der Waals surface area contributed by atoms with Crippen molar-refractivity contribution in [1.29, 1.82) is 0 Å². The zero-order valence-corrected chi connectivity index (χ0v) is 16.6. The summed E-state index contributed by atoms with van der Waals surface area (Å²) in [5, 5.41) is 12.2. The number of nitrogens with zero attached hydrogens (tertiary/aromatic N) is 1. The van der Waals surface area contributed by atoms with E-state index in [0.717, 1.165) is 24.8 Å². The zero-order valence-electron chi connectivity index (χ0n) is 16.6. The minimum Gasteiger partial charge on any atom is -0.480 e. The molecule has 2 N–H and O–H groups in total. The molecule has 0 aliphatic carbocycles. The molecule has 1 fully saturated rings. The molecule has 0 radical (unpaired) electrons. The van der Waals surface area contributed by atoms with E-state index in [1.54, 1.807) is 24.3 Å². The molecule has 6 heteroatoms. The number of hydrogen-bond acceptors (Lipinski definition) is 3. The van der Waals surface area contributed by atoms with Crippen LogP contribution >= 0.6 is 0 Å². The molecule has 1 aliphatic heterocycles. The second kappa shape index (κ2) is 9.37. The van der Waals surface area contributed by atoms with Gasteiger partial charge in [0.15, 0.2) is 0 Å². The van der Waals surface area contributed by atoms with Crippen molar-refractivity contribution in [2.45, 2.75) is 45.1 Å². The molecule has 1 heterocycles. The van der Waals surface area contributed by atoms with Crippen LogP contribution in [0.3, 0.4) is 0 Å². The molecule has 2 aromatic rings. The standard InChI is InChI=1S/C23H26N2O4/c1-2-16-7-5-8-17(13-16)14-21(26)24-19-10-6-9-18(15-19)22(27)25-12-4-3-11-20(25)23(28)29/h5-10,13,15,20H,2-4,11-12,14H2,1H3,(H,24,26)(H,28,29). The first kappa shape index (κ1) is 20.6. The molecule has 0 aromatic heterocycles. The molecule has 3 rings (SSSR count). The third kappa shape index (κ3) is 5.22. The highest BCUT2D eigenvalue weighted by Crippen LogP contribution is 2.21. The number of benzene rings is 2. The second-order valence-electron chi connectivity index (χ2n) is 7.33. The number of carboxylic acid groups (broad SMARTS) is 1. The molecule has 0 spiro atoms. The number of carbonyl (C=O) groups excluding carboxylic acids is 2. The summed E-state index contributed by atoms with van der Waals surface area (Å²) in [6, 6.07) is 13.8. The molecular formula is C23H26N2O4. The molecule has 1 saturated heterocycles. The average molecular weight is 394 g/mol. The van der Waals surface area contributed by atoms with Gasteiger partial charge in [-0.3, -0.25) is 9.59 Å². The molecule has 1 atom stereocenters. The minimum atomic E-state index is -0.975. The number of hydrogen-bond donors (Lipinski definition) is 2. The van der Waals surface area contributed by atoms with E-state index in [9.17, 15) is 19.5 Å². The van der Waals surface area contributed by atoms with Gasteiger partial charge in [-0.05, 0) is 55.0 Å². The Kier molecular flexibility index (Phi) is 6.65. The monoisotopic (exact) mass is 394 g/mol. The maximum Gasteiger partial charge on any atom is 0.326 e. The van der Waals surface area contributed by atoms with Gasteiger partial charge >= 0.3 is 5.97 Å². The van der Waals surface area contributed by atoms with Gasteiger partial charge in [-0.25, -0.2) is 4.79 Å². The Labute approximate surface area is 170 Å². The maximum atomic E-state index is 12.9. The van der Waals surface area contributed by atoms with Crippen molar-refractivity contribution >= 4 is 23.5 Å². The summed E-state index contributed by atoms with van der Waals surface area (Å²) in [7, 11) is 0. The predicted octanol–water partition coefficient (Wildman–Crippen LogP) is 3.51. The van der Waals surface area contributed by atoms with E-state index < -0.39 is 12.0 Å². The predicted molar refractivity (Wildman–Crippen MR) is 111 cm³/mol. The average Bonchev–Trinajstić information content (AvgIpc) is 2.73. The third-order valence-corrected chi connectivity index (χ3v) is 5.21. The van der Waals surface area contributed by atoms with Crippen molar-refractivity contribution < 1.29 is 19.5 Å². The van der Waals surface area contributed by atoms with Crippen molar-refractivity contribution in [1.82, 2.24) is 4.90 Å². The topological polar surface area (TPSA) is 86.7 Å². The van der Waals surface area contributed by atoms with E-state index in [0.29, 0.717) is 24.2 Å². The molecule has 0 saturated carbocycles. The SMILES string of the molecule is CCc1cccc(CC(=O)Nc2cccc(C(=O)N3CCCCC3C(=O)O)c2)c1. The van der Waals surface area contributed by atoms with E-state index in [1.165, 1.54) is 10.5 Å². The maximum absolute atomic E-state index is 12.9. The van der Waals surface area contributed by atoms with Crippen molar-refractivity contribution in [3.8, 4) is 0 Å². The summed E-state index contributed by atoms with van der Waals surface area (Å²) in [5.74, 6) is -1.45. The van der Waals surface area contributed by atoms with Crippen LogP contribution in [0.25, 0.3) is 0 Å². The van der Waals surface area contributed by atoms with Gasteiger partial charge in [-0.15, -0.1) is 0 Å². The molecule has 152 valence electrons. The number of likely N-dealkylation sites (tertiary alicyclic amines) is 1. The van der Waals surface area contributed by atoms with E-state index in [2.05, 4.69) is 12.2 Å². The largest absolute Gasteiger partial charge is 0.480 e. The van der Waals surface area contributed by atoms with Crippen LogP contribution in [0.15, 0.2) is 48.5 Å². The Morgan fingerprint density at radius 3 is 2.59 bits per heavy atom. The quantitative estimate of drug-likeness (QED) is 0.785. The molecule has 0 bridgehead atoms. The summed E-state index contributed by atoms with van der Waals surface area (Å²) in [6.07, 6.45) is 3.22. The summed E-state index contributed by atoms with van der Waals surface area (Å²) in [4.78, 5) is 38.2. The van der Waals surface area contributed by atoms with Crippen LogP contribution in [0, 0.1) is 0 Å². The van der Waals surface area contributed by atoms with Gasteiger partial charge in [-0.2, -0.15) is 0 Å². The molecule has 1 aliphatic rings. The lowest BCUT2D eigenvalue weighted by atomic mass is 10.0. The van der Waals surface area contributed by atoms with Crippen molar-refractivity contribution in [3.05, 3.63) is 65.2 Å². The molecule has 6 nitrogen and oxygen atoms in total. The van der Waals surface area contributed by atoms with Gasteiger partial charge in [0.05, 0.1) is 6.42 Å². The number of amides is 2. The lowest BCUT2D eigenvalue weighted by Crippen LogP contribution is -2.48. The van der Waals surface area contributed by atoms with Crippen LogP contribution in [0.4, 0.5) is 5.69 Å². The lowest BCUT2D eigenvalue weighted by molar-refractivity contribution is -0.143. The highest BCUT2D eigenvalue weighted by Gasteiger charge is 2.32. The summed E-state index contributed by atoms with van der Waals surface area (Å²) in [6.45, 7) is 2.50. The number of anilines is 1. The summed E-state index contributed by atoms with van der Waals surface area (Å²) in [5.41, 5.74) is 3.02. The lowest BCUT2D eigenvalue weighted by Gasteiger charge is -2.33. The van der Waals surface area contributed by atoms with Crippen LogP contribution in [0.1, 0.15) is 47.7 Å². The number of aliphatic carboxylic acids is 1. The summed E-state index contributed by atoms with van der Waals surface area (Å²) >= 11 is 0. The van der Waals surface area contributed by atoms with E-state index in [4.69, 9.17) is 0 Å². The molecule has 2 amide bonds. The highest BCUT2D eigenvalue weighted by atomic mass is 16.4. The van der Waals surface area contributed by atoms with Gasteiger partial charge < -0.3 is 15.3 Å². The zero-order chi connectivity index (χ0) is 20.8. The Balaban J connectivity index is 1.69. The van der Waals surface area contributed by atoms with Crippen LogP contribution in [-0.4, -0.2) is 40.4 Å². The van der Waals surface area contributed by atoms with Gasteiger partial charge in [0.1, 0.15) is 6.04 Å². The van der Waals surface area contributed by atoms with Gasteiger partial charge in [0.2, 0.25) is 5.91 Å². The van der Waals surface area contributed by atoms with E-state index in [1.807, 2.05) is 24.3 Å². The fourth-order valence-electron chi connectivity index (χ4n) is 3.68. The molecule has 29 heavy (non-hydrogen) atoms. The first-order chi connectivity index (χ1) is 14.0. The normalized spacial score (nSPS) is 16.3. The number of carbonyl (C=O) groups is 3. The number of rotatable bonds is 6. The fraction of sp³-hybridized carbons (Fsp3) is 0.348. The van der Waals surface area contributed by atoms with Crippen molar-refractivity contribution in [3.63, 3.8) is 0 Å². The number of nitrogens with one attached hydrogen (secondary N) is 1. The first-order valence-electron chi connectivity index (χ1n) is 9.99. The smallest absolute Gasteiger partial charge is 0.326 e. The van der Waals surface area contributed by atoms with Crippen LogP contribution in [-0.2, 0) is 22.4 Å². The number of carboxylic acids is 1. The summed E-state index contributed by atoms with van der Waals surface area (Å²) < 4.78 is 0. The van der Waals surface area contributed by atoms with Crippen molar-refractivity contribution in [2.24, 2.45) is 0 Å². The third-order valence-electron chi connectivity index (χ3n) is 5.21. The van der Waals surface area contributed by atoms with Crippen molar-refractivity contribution in [2.75, 3.05) is 11.9 Å². The Bertz CT molecular complexity index is 909. The minimum absolute atomic E-state index is 0.163. The second-order valence-corrected chi connectivity index (χ2v) is 7.33. The van der Waals surface area contributed by atoms with Gasteiger partial charge in [-0.1, -0.05) is 37.3 Å². The highest BCUT2D eigenvalue weighted by molar-refractivity contribution is 5.99. The first-order valence-corrected chi connectivity index (χ1v) is 9.99. The Morgan fingerprint density at radius 2 is 1.83 bits per heavy atom. The van der Waals surface area contributed by atoms with Gasteiger partial charge in [0.25, 0.3) is 5.91 Å². The van der Waals surface area contributed by atoms with E-state index in [-0.39, 0.29) is 18.2 Å². The van der Waals surface area contributed by atoms with E-state index >= 15 is 0 Å². The van der Waals surface area contributed by atoms with Crippen LogP contribution in [0.2, 0.25) is 0 Å². The van der Waals surface area contributed by atoms with Crippen LogP contribution in [0.5, 0.6) is 0 Å². The molecule has 2 aromatic carbocycles. The Hall–Kier alpha value is -3.15. The number of piperidine rings is 1. The van der Waals surface area contributed by atoms with Gasteiger partial charge in [0, 0.05) is 17.8 Å². The Morgan fingerprint density at radius 1 is 1.07 bits per heavy atom. The number of aryl methyl sites for hydroxylation is 1.